The molecule has 1 rings (SSSR count). The third kappa shape index (κ3) is 3.21. The van der Waals surface area contributed by atoms with Gasteiger partial charge >= 0.3 is 7.60 Å². The van der Waals surface area contributed by atoms with E-state index in [0.717, 1.165) is 12.3 Å². The summed E-state index contributed by atoms with van der Waals surface area (Å²) in [5, 5.41) is 10.2. The van der Waals surface area contributed by atoms with Crippen molar-refractivity contribution in [2.45, 2.75) is 6.16 Å². The molecule has 0 aromatic carbocycles. The standard InChI is InChI=1S/C6H7N2O5P/c9-8(10)6-2-1-5(7-3-6)4-14(11,12)13/h1-3H,4H2,(H2,11,12,13). The molecule has 0 spiro atoms. The predicted molar refractivity (Wildman–Crippen MR) is 46.6 cm³/mol. The molecule has 0 amide bonds. The summed E-state index contributed by atoms with van der Waals surface area (Å²) < 4.78 is 10.5. The highest BCUT2D eigenvalue weighted by atomic mass is 31.2. The van der Waals surface area contributed by atoms with Gasteiger partial charge in [0.1, 0.15) is 6.20 Å². The largest absolute Gasteiger partial charge is 0.331 e. The summed E-state index contributed by atoms with van der Waals surface area (Å²) in [5.74, 6) is 0. The Kier molecular flexibility index (Phi) is 2.95. The van der Waals surface area contributed by atoms with Gasteiger partial charge in [-0.25, -0.2) is 0 Å². The normalized spacial score (nSPS) is 11.3. The van der Waals surface area contributed by atoms with Gasteiger partial charge < -0.3 is 9.79 Å². The number of nitro groups is 1. The van der Waals surface area contributed by atoms with Crippen LogP contribution in [0.3, 0.4) is 0 Å². The highest BCUT2D eigenvalue weighted by Gasteiger charge is 2.15. The lowest BCUT2D eigenvalue weighted by atomic mass is 10.3. The zero-order chi connectivity index (χ0) is 10.8. The summed E-state index contributed by atoms with van der Waals surface area (Å²) in [6.07, 6.45) is 0.454. The van der Waals surface area contributed by atoms with E-state index < -0.39 is 18.7 Å². The Morgan fingerprint density at radius 2 is 2.14 bits per heavy atom. The molecular formula is C6H7N2O5P. The summed E-state index contributed by atoms with van der Waals surface area (Å²) in [5.41, 5.74) is -0.0802. The molecule has 8 heteroatoms. The quantitative estimate of drug-likeness (QED) is 0.437. The van der Waals surface area contributed by atoms with E-state index in [0.29, 0.717) is 0 Å². The first kappa shape index (κ1) is 10.8. The minimum Gasteiger partial charge on any atom is -0.324 e. The first-order chi connectivity index (χ1) is 6.38. The van der Waals surface area contributed by atoms with Crippen LogP contribution < -0.4 is 0 Å². The van der Waals surface area contributed by atoms with Gasteiger partial charge in [0.2, 0.25) is 0 Å². The zero-order valence-corrected chi connectivity index (χ0v) is 7.79. The Hall–Kier alpha value is -1.30. The summed E-state index contributed by atoms with van der Waals surface area (Å²) in [7, 11) is -4.16. The fraction of sp³-hybridized carbons (Fsp3) is 0.167. The second-order valence-corrected chi connectivity index (χ2v) is 4.23. The Bertz CT molecular complexity index is 384. The molecule has 0 fully saturated rings. The first-order valence-electron chi connectivity index (χ1n) is 3.52. The molecule has 0 aliphatic rings. The molecule has 0 saturated carbocycles. The molecular weight excluding hydrogens is 211 g/mol. The second-order valence-electron chi connectivity index (χ2n) is 2.59. The molecule has 2 N–H and O–H groups in total. The van der Waals surface area contributed by atoms with E-state index in [1.807, 2.05) is 0 Å². The zero-order valence-electron chi connectivity index (χ0n) is 6.90. The molecule has 0 bridgehead atoms. The van der Waals surface area contributed by atoms with Gasteiger partial charge in [-0.3, -0.25) is 19.7 Å². The van der Waals surface area contributed by atoms with Crippen molar-refractivity contribution < 1.29 is 19.3 Å². The van der Waals surface area contributed by atoms with Crippen molar-refractivity contribution in [1.82, 2.24) is 4.98 Å². The van der Waals surface area contributed by atoms with Crippen LogP contribution in [-0.4, -0.2) is 19.7 Å². The van der Waals surface area contributed by atoms with E-state index >= 15 is 0 Å². The fourth-order valence-electron chi connectivity index (χ4n) is 0.829. The minimum absolute atomic E-state index is 0.129. The van der Waals surface area contributed by atoms with Crippen LogP contribution in [0.25, 0.3) is 0 Å². The maximum Gasteiger partial charge on any atom is 0.331 e. The van der Waals surface area contributed by atoms with E-state index in [4.69, 9.17) is 9.79 Å². The van der Waals surface area contributed by atoms with Gasteiger partial charge in [-0.2, -0.15) is 0 Å². The van der Waals surface area contributed by atoms with Crippen molar-refractivity contribution in [3.8, 4) is 0 Å². The van der Waals surface area contributed by atoms with Crippen LogP contribution in [0.2, 0.25) is 0 Å². The summed E-state index contributed by atoms with van der Waals surface area (Å²) >= 11 is 0. The average Bonchev–Trinajstić information content (AvgIpc) is 2.02. The Morgan fingerprint density at radius 1 is 1.50 bits per heavy atom. The Morgan fingerprint density at radius 3 is 2.50 bits per heavy atom. The molecule has 0 unspecified atom stereocenters. The van der Waals surface area contributed by atoms with Gasteiger partial charge in [-0.15, -0.1) is 0 Å². The number of hydrogen-bond acceptors (Lipinski definition) is 4. The van der Waals surface area contributed by atoms with Crippen molar-refractivity contribution in [2.24, 2.45) is 0 Å². The van der Waals surface area contributed by atoms with Gasteiger partial charge in [-0.1, -0.05) is 0 Å². The third-order valence-corrected chi connectivity index (χ3v) is 2.12. The molecule has 1 heterocycles. The van der Waals surface area contributed by atoms with E-state index in [1.165, 1.54) is 6.07 Å². The number of rotatable bonds is 3. The highest BCUT2D eigenvalue weighted by Crippen LogP contribution is 2.38. The van der Waals surface area contributed by atoms with E-state index in [-0.39, 0.29) is 11.4 Å². The van der Waals surface area contributed by atoms with Crippen LogP contribution in [0.15, 0.2) is 18.3 Å². The Labute approximate surface area is 78.7 Å². The minimum atomic E-state index is -4.16. The number of hydrogen-bond donors (Lipinski definition) is 2. The SMILES string of the molecule is O=[N+]([O-])c1ccc(CP(=O)(O)O)nc1. The van der Waals surface area contributed by atoms with Crippen molar-refractivity contribution in [3.63, 3.8) is 0 Å². The van der Waals surface area contributed by atoms with Crippen molar-refractivity contribution in [2.75, 3.05) is 0 Å². The molecule has 0 atom stereocenters. The smallest absolute Gasteiger partial charge is 0.324 e. The lowest BCUT2D eigenvalue weighted by Crippen LogP contribution is -1.93. The summed E-state index contributed by atoms with van der Waals surface area (Å²) in [6.45, 7) is 0. The monoisotopic (exact) mass is 218 g/mol. The van der Waals surface area contributed by atoms with Crippen LogP contribution in [0.4, 0.5) is 5.69 Å². The van der Waals surface area contributed by atoms with Crippen LogP contribution in [0.5, 0.6) is 0 Å². The number of pyridine rings is 1. The lowest BCUT2D eigenvalue weighted by molar-refractivity contribution is -0.385. The molecule has 0 radical (unpaired) electrons. The molecule has 1 aromatic rings. The predicted octanol–water partition coefficient (Wildman–Crippen LogP) is 0.667. The lowest BCUT2D eigenvalue weighted by Gasteiger charge is -2.01. The highest BCUT2D eigenvalue weighted by molar-refractivity contribution is 7.50. The maximum atomic E-state index is 10.5. The summed E-state index contributed by atoms with van der Waals surface area (Å²) in [6, 6.07) is 2.37. The topological polar surface area (TPSA) is 114 Å². The Balaban J connectivity index is 2.84. The molecule has 14 heavy (non-hydrogen) atoms. The second kappa shape index (κ2) is 3.83. The fourth-order valence-corrected chi connectivity index (χ4v) is 1.44. The van der Waals surface area contributed by atoms with Crippen molar-refractivity contribution >= 4 is 13.3 Å². The van der Waals surface area contributed by atoms with Crippen molar-refractivity contribution in [1.29, 1.82) is 0 Å². The van der Waals surface area contributed by atoms with E-state index in [2.05, 4.69) is 4.98 Å². The van der Waals surface area contributed by atoms with E-state index in [9.17, 15) is 14.7 Å². The molecule has 7 nitrogen and oxygen atoms in total. The van der Waals surface area contributed by atoms with Gasteiger partial charge in [-0.05, 0) is 6.07 Å². The van der Waals surface area contributed by atoms with Crippen LogP contribution in [0.1, 0.15) is 5.69 Å². The molecule has 76 valence electrons. The van der Waals surface area contributed by atoms with Crippen molar-refractivity contribution in [3.05, 3.63) is 34.1 Å². The van der Waals surface area contributed by atoms with Crippen LogP contribution in [-0.2, 0) is 10.7 Å². The van der Waals surface area contributed by atoms with Gasteiger partial charge in [0.15, 0.2) is 0 Å². The number of aromatic nitrogens is 1. The van der Waals surface area contributed by atoms with Crippen LogP contribution in [0, 0.1) is 10.1 Å². The van der Waals surface area contributed by atoms with Gasteiger partial charge in [0, 0.05) is 6.07 Å². The molecule has 0 saturated heterocycles. The summed E-state index contributed by atoms with van der Waals surface area (Å²) in [4.78, 5) is 30.3. The number of nitrogens with zero attached hydrogens (tertiary/aromatic N) is 2. The average molecular weight is 218 g/mol. The first-order valence-corrected chi connectivity index (χ1v) is 5.32. The molecule has 0 aliphatic carbocycles. The van der Waals surface area contributed by atoms with E-state index in [1.54, 1.807) is 0 Å². The maximum absolute atomic E-state index is 10.5. The van der Waals surface area contributed by atoms with Gasteiger partial charge in [0.25, 0.3) is 5.69 Å². The van der Waals surface area contributed by atoms with Crippen LogP contribution >= 0.6 is 7.60 Å². The third-order valence-electron chi connectivity index (χ3n) is 1.39. The molecule has 1 aromatic heterocycles. The molecule has 0 aliphatic heterocycles. The van der Waals surface area contributed by atoms with Gasteiger partial charge in [0.05, 0.1) is 16.8 Å².